The van der Waals surface area contributed by atoms with Gasteiger partial charge in [-0.05, 0) is 24.3 Å². The maximum absolute atomic E-state index is 5.94. The van der Waals surface area contributed by atoms with Crippen molar-refractivity contribution in [1.82, 2.24) is 9.78 Å². The molecule has 90 valence electrons. The van der Waals surface area contributed by atoms with Crippen LogP contribution in [-0.4, -0.2) is 16.9 Å². The molecule has 0 aliphatic rings. The first-order valence-corrected chi connectivity index (χ1v) is 5.63. The minimum atomic E-state index is 0.636. The molecule has 0 radical (unpaired) electrons. The third-order valence-corrected chi connectivity index (χ3v) is 2.63. The number of ether oxygens (including phenoxy) is 1. The summed E-state index contributed by atoms with van der Waals surface area (Å²) in [5.74, 6) is 0.769. The highest BCUT2D eigenvalue weighted by atomic mass is 35.5. The van der Waals surface area contributed by atoms with E-state index in [1.165, 1.54) is 0 Å². The highest BCUT2D eigenvalue weighted by Gasteiger charge is 2.04. The molecule has 5 heteroatoms. The maximum Gasteiger partial charge on any atom is 0.142 e. The first-order chi connectivity index (χ1) is 8.19. The van der Waals surface area contributed by atoms with Crippen molar-refractivity contribution in [3.05, 3.63) is 41.2 Å². The lowest BCUT2D eigenvalue weighted by molar-refractivity contribution is 0.416. The van der Waals surface area contributed by atoms with Gasteiger partial charge in [-0.1, -0.05) is 11.6 Å². The van der Waals surface area contributed by atoms with E-state index in [-0.39, 0.29) is 0 Å². The summed E-state index contributed by atoms with van der Waals surface area (Å²) in [4.78, 5) is 0. The molecule has 1 aromatic carbocycles. The van der Waals surface area contributed by atoms with E-state index in [0.717, 1.165) is 17.1 Å². The maximum atomic E-state index is 5.94. The summed E-state index contributed by atoms with van der Waals surface area (Å²) in [7, 11) is 3.53. The van der Waals surface area contributed by atoms with Crippen molar-refractivity contribution in [2.45, 2.75) is 6.54 Å². The summed E-state index contributed by atoms with van der Waals surface area (Å²) in [6.45, 7) is 0.636. The molecule has 1 aromatic heterocycles. The van der Waals surface area contributed by atoms with Gasteiger partial charge in [0, 0.05) is 18.3 Å². The molecule has 4 nitrogen and oxygen atoms in total. The van der Waals surface area contributed by atoms with Gasteiger partial charge < -0.3 is 10.1 Å². The highest BCUT2D eigenvalue weighted by molar-refractivity contribution is 6.30. The predicted molar refractivity (Wildman–Crippen MR) is 68.5 cm³/mol. The average Bonchev–Trinajstić information content (AvgIpc) is 2.73. The number of halogens is 1. The molecular formula is C12H14ClN3O. The van der Waals surface area contributed by atoms with Crippen molar-refractivity contribution in [3.8, 4) is 5.75 Å². The summed E-state index contributed by atoms with van der Waals surface area (Å²) in [6.07, 6.45) is 1.91. The van der Waals surface area contributed by atoms with Gasteiger partial charge in [0.1, 0.15) is 5.75 Å². The number of rotatable bonds is 4. The zero-order valence-corrected chi connectivity index (χ0v) is 10.5. The second kappa shape index (κ2) is 5.10. The molecular weight excluding hydrogens is 238 g/mol. The summed E-state index contributed by atoms with van der Waals surface area (Å²) in [5.41, 5.74) is 1.83. The van der Waals surface area contributed by atoms with Crippen LogP contribution < -0.4 is 10.1 Å². The predicted octanol–water partition coefficient (Wildman–Crippen LogP) is 2.69. The largest absolute Gasteiger partial charge is 0.495 e. The molecule has 17 heavy (non-hydrogen) atoms. The van der Waals surface area contributed by atoms with E-state index in [4.69, 9.17) is 16.3 Å². The number of aryl methyl sites for hydroxylation is 1. The SMILES string of the molecule is COc1ccc(Cl)cc1NCc1ccn(C)n1. The molecule has 0 aliphatic heterocycles. The van der Waals surface area contributed by atoms with E-state index >= 15 is 0 Å². The molecule has 0 amide bonds. The Bertz CT molecular complexity index is 510. The minimum absolute atomic E-state index is 0.636. The molecule has 2 rings (SSSR count). The van der Waals surface area contributed by atoms with Gasteiger partial charge in [-0.3, -0.25) is 4.68 Å². The fourth-order valence-electron chi connectivity index (χ4n) is 1.56. The van der Waals surface area contributed by atoms with Crippen LogP contribution in [0.5, 0.6) is 5.75 Å². The second-order valence-corrected chi connectivity index (χ2v) is 4.12. The Morgan fingerprint density at radius 2 is 2.24 bits per heavy atom. The molecule has 1 N–H and O–H groups in total. The Morgan fingerprint density at radius 1 is 1.41 bits per heavy atom. The van der Waals surface area contributed by atoms with E-state index in [9.17, 15) is 0 Å². The number of anilines is 1. The quantitative estimate of drug-likeness (QED) is 0.908. The zero-order chi connectivity index (χ0) is 12.3. The van der Waals surface area contributed by atoms with E-state index in [1.807, 2.05) is 31.4 Å². The van der Waals surface area contributed by atoms with Crippen molar-refractivity contribution >= 4 is 17.3 Å². The first-order valence-electron chi connectivity index (χ1n) is 5.25. The molecule has 0 atom stereocenters. The van der Waals surface area contributed by atoms with Crippen LogP contribution in [0.15, 0.2) is 30.5 Å². The first kappa shape index (κ1) is 11.8. The van der Waals surface area contributed by atoms with Crippen molar-refractivity contribution in [3.63, 3.8) is 0 Å². The molecule has 0 aliphatic carbocycles. The van der Waals surface area contributed by atoms with Gasteiger partial charge in [-0.25, -0.2) is 0 Å². The van der Waals surface area contributed by atoms with Crippen LogP contribution in [0.4, 0.5) is 5.69 Å². The Labute approximate surface area is 105 Å². The van der Waals surface area contributed by atoms with E-state index in [1.54, 1.807) is 17.9 Å². The number of nitrogens with one attached hydrogen (secondary N) is 1. The Morgan fingerprint density at radius 3 is 2.88 bits per heavy atom. The van der Waals surface area contributed by atoms with Gasteiger partial charge in [-0.2, -0.15) is 5.10 Å². The molecule has 0 saturated heterocycles. The number of benzene rings is 1. The molecule has 0 saturated carbocycles. The Hall–Kier alpha value is -1.68. The Balaban J connectivity index is 2.10. The third kappa shape index (κ3) is 2.91. The van der Waals surface area contributed by atoms with Crippen molar-refractivity contribution < 1.29 is 4.74 Å². The number of nitrogens with zero attached hydrogens (tertiary/aromatic N) is 2. The van der Waals surface area contributed by atoms with Crippen molar-refractivity contribution in [1.29, 1.82) is 0 Å². The van der Waals surface area contributed by atoms with E-state index in [0.29, 0.717) is 11.6 Å². The average molecular weight is 252 g/mol. The molecule has 1 heterocycles. The summed E-state index contributed by atoms with van der Waals surface area (Å²) in [6, 6.07) is 7.43. The van der Waals surface area contributed by atoms with Crippen LogP contribution in [0.2, 0.25) is 5.02 Å². The van der Waals surface area contributed by atoms with Crippen molar-refractivity contribution in [2.75, 3.05) is 12.4 Å². The number of hydrogen-bond donors (Lipinski definition) is 1. The summed E-state index contributed by atoms with van der Waals surface area (Å²) in [5, 5.41) is 8.21. The zero-order valence-electron chi connectivity index (χ0n) is 9.77. The minimum Gasteiger partial charge on any atom is -0.495 e. The fraction of sp³-hybridized carbons (Fsp3) is 0.250. The standard InChI is InChI=1S/C12H14ClN3O/c1-16-6-5-10(15-16)8-14-11-7-9(13)3-4-12(11)17-2/h3-7,14H,8H2,1-2H3. The Kier molecular flexibility index (Phi) is 3.54. The number of hydrogen-bond acceptors (Lipinski definition) is 3. The van der Waals surface area contributed by atoms with E-state index in [2.05, 4.69) is 10.4 Å². The molecule has 0 bridgehead atoms. The van der Waals surface area contributed by atoms with Crippen LogP contribution >= 0.6 is 11.6 Å². The smallest absolute Gasteiger partial charge is 0.142 e. The summed E-state index contributed by atoms with van der Waals surface area (Å²) >= 11 is 5.94. The number of aromatic nitrogens is 2. The molecule has 0 fully saturated rings. The summed E-state index contributed by atoms with van der Waals surface area (Å²) < 4.78 is 7.02. The topological polar surface area (TPSA) is 39.1 Å². The lowest BCUT2D eigenvalue weighted by Crippen LogP contribution is -2.02. The van der Waals surface area contributed by atoms with Gasteiger partial charge in [0.2, 0.25) is 0 Å². The van der Waals surface area contributed by atoms with Crippen LogP contribution in [0.1, 0.15) is 5.69 Å². The number of methoxy groups -OCH3 is 1. The lowest BCUT2D eigenvalue weighted by atomic mass is 10.3. The van der Waals surface area contributed by atoms with Gasteiger partial charge in [0.15, 0.2) is 0 Å². The monoisotopic (exact) mass is 251 g/mol. The van der Waals surface area contributed by atoms with Crippen LogP contribution in [-0.2, 0) is 13.6 Å². The lowest BCUT2D eigenvalue weighted by Gasteiger charge is -2.10. The second-order valence-electron chi connectivity index (χ2n) is 3.68. The van der Waals surface area contributed by atoms with Crippen LogP contribution in [0.3, 0.4) is 0 Å². The van der Waals surface area contributed by atoms with Gasteiger partial charge in [-0.15, -0.1) is 0 Å². The normalized spacial score (nSPS) is 10.3. The van der Waals surface area contributed by atoms with Crippen molar-refractivity contribution in [2.24, 2.45) is 7.05 Å². The van der Waals surface area contributed by atoms with Gasteiger partial charge in [0.25, 0.3) is 0 Å². The fourth-order valence-corrected chi connectivity index (χ4v) is 1.73. The third-order valence-electron chi connectivity index (χ3n) is 2.39. The highest BCUT2D eigenvalue weighted by Crippen LogP contribution is 2.27. The van der Waals surface area contributed by atoms with Gasteiger partial charge >= 0.3 is 0 Å². The molecule has 0 unspecified atom stereocenters. The van der Waals surface area contributed by atoms with E-state index < -0.39 is 0 Å². The van der Waals surface area contributed by atoms with Crippen LogP contribution in [0, 0.1) is 0 Å². The molecule has 2 aromatic rings. The molecule has 0 spiro atoms. The van der Waals surface area contributed by atoms with Gasteiger partial charge in [0.05, 0.1) is 25.0 Å². The van der Waals surface area contributed by atoms with Crippen LogP contribution in [0.25, 0.3) is 0 Å².